The SMILES string of the molecule is O=C(O)[C@@H]1C[C@@H]2CCCC[C@H]2N1C(=O)c1ccc2ccccc2c1. The molecule has 124 valence electrons. The quantitative estimate of drug-likeness (QED) is 0.917. The summed E-state index contributed by atoms with van der Waals surface area (Å²) < 4.78 is 0. The molecule has 3 atom stereocenters. The summed E-state index contributed by atoms with van der Waals surface area (Å²) in [5.74, 6) is -0.676. The molecule has 2 aromatic rings. The van der Waals surface area contributed by atoms with E-state index in [9.17, 15) is 14.7 Å². The molecule has 0 aromatic heterocycles. The molecule has 1 N–H and O–H groups in total. The van der Waals surface area contributed by atoms with Gasteiger partial charge in [-0.2, -0.15) is 0 Å². The smallest absolute Gasteiger partial charge is 0.326 e. The third-order valence-corrected chi connectivity index (χ3v) is 5.60. The number of rotatable bonds is 2. The number of fused-ring (bicyclic) bond motifs is 2. The fourth-order valence-electron chi connectivity index (χ4n) is 4.44. The minimum Gasteiger partial charge on any atom is -0.480 e. The van der Waals surface area contributed by atoms with Gasteiger partial charge in [-0.3, -0.25) is 4.79 Å². The van der Waals surface area contributed by atoms with E-state index in [4.69, 9.17) is 0 Å². The van der Waals surface area contributed by atoms with Crippen molar-refractivity contribution in [3.8, 4) is 0 Å². The molecule has 1 heterocycles. The largest absolute Gasteiger partial charge is 0.480 e. The number of hydrogen-bond acceptors (Lipinski definition) is 2. The van der Waals surface area contributed by atoms with Crippen LogP contribution in [0, 0.1) is 5.92 Å². The summed E-state index contributed by atoms with van der Waals surface area (Å²) in [5.41, 5.74) is 0.589. The van der Waals surface area contributed by atoms with Crippen LogP contribution in [-0.2, 0) is 4.79 Å². The average molecular weight is 323 g/mol. The van der Waals surface area contributed by atoms with Gasteiger partial charge in [-0.25, -0.2) is 4.79 Å². The number of carbonyl (C=O) groups is 2. The van der Waals surface area contributed by atoms with E-state index in [0.29, 0.717) is 17.9 Å². The van der Waals surface area contributed by atoms with Gasteiger partial charge in [0.2, 0.25) is 0 Å². The van der Waals surface area contributed by atoms with Crippen LogP contribution in [0.25, 0.3) is 10.8 Å². The molecule has 4 nitrogen and oxygen atoms in total. The second-order valence-electron chi connectivity index (χ2n) is 6.98. The van der Waals surface area contributed by atoms with E-state index in [-0.39, 0.29) is 11.9 Å². The zero-order valence-electron chi connectivity index (χ0n) is 13.5. The molecule has 2 aromatic carbocycles. The maximum absolute atomic E-state index is 13.1. The average Bonchev–Trinajstić information content (AvgIpc) is 3.00. The first-order chi connectivity index (χ1) is 11.6. The highest BCUT2D eigenvalue weighted by Crippen LogP contribution is 2.40. The molecule has 1 aliphatic heterocycles. The molecule has 24 heavy (non-hydrogen) atoms. The minimum atomic E-state index is -0.876. The lowest BCUT2D eigenvalue weighted by atomic mass is 9.84. The summed E-state index contributed by atoms with van der Waals surface area (Å²) in [6.07, 6.45) is 4.78. The predicted octanol–water partition coefficient (Wildman–Crippen LogP) is 3.70. The molecule has 1 amide bonds. The number of aliphatic carboxylic acids is 1. The van der Waals surface area contributed by atoms with Crippen molar-refractivity contribution in [1.82, 2.24) is 4.90 Å². The maximum atomic E-state index is 13.1. The van der Waals surface area contributed by atoms with Crippen LogP contribution in [0.3, 0.4) is 0 Å². The Morgan fingerprint density at radius 2 is 1.75 bits per heavy atom. The first-order valence-electron chi connectivity index (χ1n) is 8.69. The van der Waals surface area contributed by atoms with E-state index in [0.717, 1.165) is 36.5 Å². The predicted molar refractivity (Wildman–Crippen MR) is 91.9 cm³/mol. The molecule has 1 saturated carbocycles. The van der Waals surface area contributed by atoms with Crippen molar-refractivity contribution in [2.75, 3.05) is 0 Å². The summed E-state index contributed by atoms with van der Waals surface area (Å²) in [6, 6.07) is 12.9. The Hall–Kier alpha value is -2.36. The normalized spacial score (nSPS) is 26.3. The third kappa shape index (κ3) is 2.46. The van der Waals surface area contributed by atoms with Crippen molar-refractivity contribution in [2.45, 2.75) is 44.2 Å². The molecule has 0 spiro atoms. The molecule has 2 aliphatic rings. The van der Waals surface area contributed by atoms with E-state index in [1.165, 1.54) is 0 Å². The molecular weight excluding hydrogens is 302 g/mol. The van der Waals surface area contributed by atoms with Gasteiger partial charge in [0.1, 0.15) is 6.04 Å². The van der Waals surface area contributed by atoms with E-state index >= 15 is 0 Å². The summed E-state index contributed by atoms with van der Waals surface area (Å²) in [7, 11) is 0. The minimum absolute atomic E-state index is 0.0822. The van der Waals surface area contributed by atoms with Gasteiger partial charge in [0.25, 0.3) is 5.91 Å². The first kappa shape index (κ1) is 15.2. The fourth-order valence-corrected chi connectivity index (χ4v) is 4.44. The Morgan fingerprint density at radius 3 is 2.54 bits per heavy atom. The Balaban J connectivity index is 1.70. The van der Waals surface area contributed by atoms with Crippen LogP contribution in [0.1, 0.15) is 42.5 Å². The zero-order valence-corrected chi connectivity index (χ0v) is 13.5. The summed E-state index contributed by atoms with van der Waals surface area (Å²) in [4.78, 5) is 26.5. The van der Waals surface area contributed by atoms with Crippen LogP contribution in [0.4, 0.5) is 0 Å². The lowest BCUT2D eigenvalue weighted by molar-refractivity contribution is -0.141. The number of hydrogen-bond donors (Lipinski definition) is 1. The van der Waals surface area contributed by atoms with Gasteiger partial charge in [-0.1, -0.05) is 43.2 Å². The van der Waals surface area contributed by atoms with Gasteiger partial charge < -0.3 is 10.0 Å². The van der Waals surface area contributed by atoms with Crippen molar-refractivity contribution in [2.24, 2.45) is 5.92 Å². The van der Waals surface area contributed by atoms with Crippen LogP contribution >= 0.6 is 0 Å². The van der Waals surface area contributed by atoms with Crippen LogP contribution in [0.2, 0.25) is 0 Å². The van der Waals surface area contributed by atoms with Crippen LogP contribution < -0.4 is 0 Å². The molecular formula is C20H21NO3. The van der Waals surface area contributed by atoms with Gasteiger partial charge in [0.05, 0.1) is 0 Å². The lowest BCUT2D eigenvalue weighted by Crippen LogP contribution is -2.46. The number of carboxylic acids is 1. The number of carboxylic acid groups (broad SMARTS) is 1. The lowest BCUT2D eigenvalue weighted by Gasteiger charge is -2.33. The number of benzene rings is 2. The van der Waals surface area contributed by atoms with E-state index in [1.54, 1.807) is 4.90 Å². The molecule has 4 heteroatoms. The fraction of sp³-hybridized carbons (Fsp3) is 0.400. The number of carbonyl (C=O) groups excluding carboxylic acids is 1. The van der Waals surface area contributed by atoms with Gasteiger partial charge in [-0.05, 0) is 48.1 Å². The van der Waals surface area contributed by atoms with Crippen molar-refractivity contribution in [3.63, 3.8) is 0 Å². The second kappa shape index (κ2) is 5.93. The highest BCUT2D eigenvalue weighted by molar-refractivity contribution is 6.00. The Labute approximate surface area is 141 Å². The monoisotopic (exact) mass is 323 g/mol. The number of amides is 1. The van der Waals surface area contributed by atoms with Crippen molar-refractivity contribution >= 4 is 22.6 Å². The number of likely N-dealkylation sites (tertiary alicyclic amines) is 1. The zero-order chi connectivity index (χ0) is 16.7. The topological polar surface area (TPSA) is 57.6 Å². The van der Waals surface area contributed by atoms with Crippen molar-refractivity contribution in [1.29, 1.82) is 0 Å². The third-order valence-electron chi connectivity index (χ3n) is 5.60. The molecule has 1 saturated heterocycles. The second-order valence-corrected chi connectivity index (χ2v) is 6.98. The Kier molecular flexibility index (Phi) is 3.75. The van der Waals surface area contributed by atoms with Gasteiger partial charge >= 0.3 is 5.97 Å². The molecule has 0 bridgehead atoms. The molecule has 2 fully saturated rings. The molecule has 0 radical (unpaired) electrons. The highest BCUT2D eigenvalue weighted by Gasteiger charge is 2.47. The molecule has 1 aliphatic carbocycles. The first-order valence-corrected chi connectivity index (χ1v) is 8.69. The summed E-state index contributed by atoms with van der Waals surface area (Å²) in [5, 5.41) is 11.7. The van der Waals surface area contributed by atoms with E-state index in [2.05, 4.69) is 0 Å². The standard InChI is InChI=1S/C20H21NO3/c22-19(16-10-9-13-5-1-2-6-14(13)11-16)21-17-8-4-3-7-15(17)12-18(21)20(23)24/h1-2,5-6,9-11,15,17-18H,3-4,7-8,12H2,(H,23,24)/t15-,17+,18-/m0/s1. The molecule has 4 rings (SSSR count). The van der Waals surface area contributed by atoms with Crippen molar-refractivity contribution in [3.05, 3.63) is 48.0 Å². The van der Waals surface area contributed by atoms with Crippen LogP contribution in [0.5, 0.6) is 0 Å². The Bertz CT molecular complexity index is 800. The number of nitrogens with zero attached hydrogens (tertiary/aromatic N) is 1. The van der Waals surface area contributed by atoms with Crippen LogP contribution in [0.15, 0.2) is 42.5 Å². The van der Waals surface area contributed by atoms with Gasteiger partial charge in [0, 0.05) is 11.6 Å². The van der Waals surface area contributed by atoms with E-state index in [1.807, 2.05) is 42.5 Å². The van der Waals surface area contributed by atoms with E-state index < -0.39 is 12.0 Å². The summed E-state index contributed by atoms with van der Waals surface area (Å²) >= 11 is 0. The molecule has 0 unspecified atom stereocenters. The van der Waals surface area contributed by atoms with Crippen LogP contribution in [-0.4, -0.2) is 34.0 Å². The maximum Gasteiger partial charge on any atom is 0.326 e. The van der Waals surface area contributed by atoms with Gasteiger partial charge in [-0.15, -0.1) is 0 Å². The van der Waals surface area contributed by atoms with Crippen molar-refractivity contribution < 1.29 is 14.7 Å². The Morgan fingerprint density at radius 1 is 1.00 bits per heavy atom. The summed E-state index contributed by atoms with van der Waals surface area (Å²) in [6.45, 7) is 0. The highest BCUT2D eigenvalue weighted by atomic mass is 16.4. The van der Waals surface area contributed by atoms with Gasteiger partial charge in [0.15, 0.2) is 0 Å².